The van der Waals surface area contributed by atoms with Crippen molar-refractivity contribution in [3.05, 3.63) is 59.7 Å². The number of fused-ring (bicyclic) bond motifs is 3. The number of hydrogen-bond donors (Lipinski definition) is 2. The fourth-order valence-corrected chi connectivity index (χ4v) is 4.85. The molecule has 2 amide bonds. The summed E-state index contributed by atoms with van der Waals surface area (Å²) in [6.07, 6.45) is 1.28. The summed E-state index contributed by atoms with van der Waals surface area (Å²) < 4.78 is 5.53. The molecule has 1 aliphatic carbocycles. The van der Waals surface area contributed by atoms with Crippen molar-refractivity contribution in [1.29, 1.82) is 0 Å². The highest BCUT2D eigenvalue weighted by Crippen LogP contribution is 2.44. The Morgan fingerprint density at radius 1 is 1.09 bits per heavy atom. The summed E-state index contributed by atoms with van der Waals surface area (Å²) in [5.41, 5.74) is 4.67. The number of nitrogens with one attached hydrogen (secondary N) is 1. The van der Waals surface area contributed by atoms with Crippen LogP contribution in [0.2, 0.25) is 0 Å². The number of hydrogen-bond acceptors (Lipinski definition) is 4. The van der Waals surface area contributed by atoms with E-state index in [0.29, 0.717) is 32.4 Å². The van der Waals surface area contributed by atoms with Crippen LogP contribution in [0.15, 0.2) is 48.5 Å². The van der Waals surface area contributed by atoms with E-state index in [0.717, 1.165) is 11.1 Å². The van der Waals surface area contributed by atoms with Crippen molar-refractivity contribution in [3.63, 3.8) is 0 Å². The molecule has 4 rings (SSSR count). The molecule has 2 atom stereocenters. The third kappa shape index (κ3) is 5.02. The molecule has 2 aromatic rings. The highest BCUT2D eigenvalue weighted by molar-refractivity contribution is 5.80. The van der Waals surface area contributed by atoms with Crippen LogP contribution >= 0.6 is 0 Å². The number of carboxylic acids is 1. The zero-order chi connectivity index (χ0) is 23.4. The number of amides is 2. The van der Waals surface area contributed by atoms with Crippen LogP contribution in [0.1, 0.15) is 43.2 Å². The maximum absolute atomic E-state index is 12.7. The molecule has 2 aliphatic rings. The Kier molecular flexibility index (Phi) is 6.96. The minimum absolute atomic E-state index is 0.00457. The first-order valence-corrected chi connectivity index (χ1v) is 11.6. The lowest BCUT2D eigenvalue weighted by Crippen LogP contribution is -2.44. The SMILES string of the molecule is CC(CCNC(=O)OCC1c2ccccc2-c2ccccc21)C(=O)N1CCC[C@@H](C(=O)O)C1. The van der Waals surface area contributed by atoms with E-state index in [4.69, 9.17) is 4.74 Å². The summed E-state index contributed by atoms with van der Waals surface area (Å²) in [6.45, 7) is 3.23. The monoisotopic (exact) mass is 450 g/mol. The minimum atomic E-state index is -0.850. The van der Waals surface area contributed by atoms with Crippen LogP contribution in [-0.2, 0) is 14.3 Å². The van der Waals surface area contributed by atoms with Crippen LogP contribution in [0, 0.1) is 11.8 Å². The van der Waals surface area contributed by atoms with Crippen LogP contribution in [-0.4, -0.2) is 54.2 Å². The lowest BCUT2D eigenvalue weighted by Gasteiger charge is -2.32. The van der Waals surface area contributed by atoms with Gasteiger partial charge in [0.2, 0.25) is 5.91 Å². The van der Waals surface area contributed by atoms with Gasteiger partial charge in [0.1, 0.15) is 6.61 Å². The highest BCUT2D eigenvalue weighted by atomic mass is 16.5. The topological polar surface area (TPSA) is 95.9 Å². The van der Waals surface area contributed by atoms with E-state index in [2.05, 4.69) is 29.6 Å². The van der Waals surface area contributed by atoms with Crippen molar-refractivity contribution in [2.24, 2.45) is 11.8 Å². The summed E-state index contributed by atoms with van der Waals surface area (Å²) in [5.74, 6) is -1.70. The van der Waals surface area contributed by atoms with E-state index in [-0.39, 0.29) is 30.9 Å². The van der Waals surface area contributed by atoms with Crippen LogP contribution < -0.4 is 5.32 Å². The van der Waals surface area contributed by atoms with Gasteiger partial charge in [-0.2, -0.15) is 0 Å². The van der Waals surface area contributed by atoms with E-state index in [9.17, 15) is 19.5 Å². The summed E-state index contributed by atoms with van der Waals surface area (Å²) in [4.78, 5) is 37.8. The first-order chi connectivity index (χ1) is 16.0. The maximum Gasteiger partial charge on any atom is 0.407 e. The van der Waals surface area contributed by atoms with Gasteiger partial charge >= 0.3 is 12.1 Å². The molecule has 33 heavy (non-hydrogen) atoms. The van der Waals surface area contributed by atoms with Crippen molar-refractivity contribution in [1.82, 2.24) is 10.2 Å². The fraction of sp³-hybridized carbons (Fsp3) is 0.423. The maximum atomic E-state index is 12.7. The number of ether oxygens (including phenoxy) is 1. The number of aliphatic carboxylic acids is 1. The van der Waals surface area contributed by atoms with Gasteiger partial charge in [0.05, 0.1) is 5.92 Å². The first-order valence-electron chi connectivity index (χ1n) is 11.6. The van der Waals surface area contributed by atoms with E-state index < -0.39 is 18.0 Å². The zero-order valence-electron chi connectivity index (χ0n) is 18.8. The summed E-state index contributed by atoms with van der Waals surface area (Å²) in [5, 5.41) is 12.0. The summed E-state index contributed by atoms with van der Waals surface area (Å²) >= 11 is 0. The van der Waals surface area contributed by atoms with Crippen LogP contribution in [0.4, 0.5) is 4.79 Å². The fourth-order valence-electron chi connectivity index (χ4n) is 4.85. The van der Waals surface area contributed by atoms with Gasteiger partial charge in [-0.15, -0.1) is 0 Å². The Morgan fingerprint density at radius 2 is 1.73 bits per heavy atom. The van der Waals surface area contributed by atoms with Crippen LogP contribution in [0.25, 0.3) is 11.1 Å². The quantitative estimate of drug-likeness (QED) is 0.668. The van der Waals surface area contributed by atoms with Crippen molar-refractivity contribution in [2.75, 3.05) is 26.2 Å². The zero-order valence-corrected chi connectivity index (χ0v) is 18.8. The molecule has 174 valence electrons. The van der Waals surface area contributed by atoms with Crippen molar-refractivity contribution in [3.8, 4) is 11.1 Å². The second-order valence-electron chi connectivity index (χ2n) is 8.90. The molecule has 7 nitrogen and oxygen atoms in total. The number of benzene rings is 2. The van der Waals surface area contributed by atoms with Crippen LogP contribution in [0.5, 0.6) is 0 Å². The average Bonchev–Trinajstić information content (AvgIpc) is 3.16. The molecule has 1 heterocycles. The number of carbonyl (C=O) groups excluding carboxylic acids is 2. The lowest BCUT2D eigenvalue weighted by atomic mass is 9.96. The van der Waals surface area contributed by atoms with Gasteiger partial charge in [-0.1, -0.05) is 55.5 Å². The van der Waals surface area contributed by atoms with E-state index in [1.54, 1.807) is 4.90 Å². The minimum Gasteiger partial charge on any atom is -0.481 e. The van der Waals surface area contributed by atoms with Crippen molar-refractivity contribution < 1.29 is 24.2 Å². The Hall–Kier alpha value is -3.35. The predicted octanol–water partition coefficient (Wildman–Crippen LogP) is 3.87. The molecule has 1 fully saturated rings. The second-order valence-corrected chi connectivity index (χ2v) is 8.90. The second kappa shape index (κ2) is 10.1. The Bertz CT molecular complexity index is 991. The molecule has 0 bridgehead atoms. The Morgan fingerprint density at radius 3 is 2.36 bits per heavy atom. The van der Waals surface area contributed by atoms with Gasteiger partial charge in [-0.25, -0.2) is 4.79 Å². The van der Waals surface area contributed by atoms with Gasteiger partial charge in [-0.05, 0) is 41.5 Å². The van der Waals surface area contributed by atoms with Gasteiger partial charge < -0.3 is 20.1 Å². The van der Waals surface area contributed by atoms with Crippen molar-refractivity contribution in [2.45, 2.75) is 32.1 Å². The number of carbonyl (C=O) groups is 3. The molecule has 1 saturated heterocycles. The molecule has 1 unspecified atom stereocenters. The highest BCUT2D eigenvalue weighted by Gasteiger charge is 2.31. The first kappa shape index (κ1) is 22.8. The van der Waals surface area contributed by atoms with Gasteiger partial charge in [-0.3, -0.25) is 9.59 Å². The number of carboxylic acid groups (broad SMARTS) is 1. The molecule has 2 aromatic carbocycles. The number of alkyl carbamates (subject to hydrolysis) is 1. The molecule has 2 N–H and O–H groups in total. The number of nitrogens with zero attached hydrogens (tertiary/aromatic N) is 1. The predicted molar refractivity (Wildman–Crippen MR) is 124 cm³/mol. The summed E-state index contributed by atoms with van der Waals surface area (Å²) in [7, 11) is 0. The average molecular weight is 451 g/mol. The van der Waals surface area contributed by atoms with Crippen LogP contribution in [0.3, 0.4) is 0 Å². The third-order valence-electron chi connectivity index (χ3n) is 6.69. The third-order valence-corrected chi connectivity index (χ3v) is 6.69. The summed E-state index contributed by atoms with van der Waals surface area (Å²) in [6, 6.07) is 16.4. The number of piperidine rings is 1. The molecular weight excluding hydrogens is 420 g/mol. The van der Waals surface area contributed by atoms with E-state index in [1.165, 1.54) is 11.1 Å². The molecule has 0 aromatic heterocycles. The molecule has 0 spiro atoms. The normalized spacial score (nSPS) is 18.2. The number of rotatable bonds is 7. The molecule has 0 radical (unpaired) electrons. The number of likely N-dealkylation sites (tertiary alicyclic amines) is 1. The Balaban J connectivity index is 1.24. The largest absolute Gasteiger partial charge is 0.481 e. The van der Waals surface area contributed by atoms with Gasteiger partial charge in [0.15, 0.2) is 0 Å². The molecule has 1 aliphatic heterocycles. The van der Waals surface area contributed by atoms with E-state index >= 15 is 0 Å². The standard InChI is InChI=1S/C26H30N2O5/c1-17(24(29)28-14-6-7-18(15-28)25(30)31)12-13-27-26(32)33-16-23-21-10-4-2-8-19(21)20-9-3-5-11-22(20)23/h2-5,8-11,17-18,23H,6-7,12-16H2,1H3,(H,27,32)(H,30,31)/t17?,18-/m1/s1. The lowest BCUT2D eigenvalue weighted by molar-refractivity contribution is -0.146. The van der Waals surface area contributed by atoms with Gasteiger partial charge in [0.25, 0.3) is 0 Å². The van der Waals surface area contributed by atoms with Crippen molar-refractivity contribution >= 4 is 18.0 Å². The Labute approximate surface area is 193 Å². The van der Waals surface area contributed by atoms with E-state index in [1.807, 2.05) is 31.2 Å². The molecule has 0 saturated carbocycles. The molecule has 7 heteroatoms. The smallest absolute Gasteiger partial charge is 0.407 e. The molecular formula is C26H30N2O5. The van der Waals surface area contributed by atoms with Gasteiger partial charge in [0, 0.05) is 31.5 Å².